The summed E-state index contributed by atoms with van der Waals surface area (Å²) < 4.78 is 25.6. The molecule has 2 bridgehead atoms. The Morgan fingerprint density at radius 1 is 1.14 bits per heavy atom. The third kappa shape index (κ3) is 3.16. The second kappa shape index (κ2) is 5.98. The zero-order valence-electron chi connectivity index (χ0n) is 12.5. The van der Waals surface area contributed by atoms with Crippen molar-refractivity contribution >= 4 is 15.9 Å². The summed E-state index contributed by atoms with van der Waals surface area (Å²) in [6.07, 6.45) is 4.31. The number of rotatable bonds is 4. The maximum Gasteiger partial charge on any atom is 0.251 e. The van der Waals surface area contributed by atoms with Crippen molar-refractivity contribution in [1.29, 1.82) is 0 Å². The van der Waals surface area contributed by atoms with Gasteiger partial charge in [0.05, 0.1) is 4.90 Å². The van der Waals surface area contributed by atoms with Gasteiger partial charge in [0.25, 0.3) is 5.91 Å². The van der Waals surface area contributed by atoms with Crippen molar-refractivity contribution in [2.24, 2.45) is 0 Å². The number of carbonyl (C=O) groups is 1. The highest BCUT2D eigenvalue weighted by Crippen LogP contribution is 2.26. The van der Waals surface area contributed by atoms with E-state index in [0.717, 1.165) is 12.8 Å². The monoisotopic (exact) mass is 323 g/mol. The highest BCUT2D eigenvalue weighted by Gasteiger charge is 2.34. The van der Waals surface area contributed by atoms with E-state index in [-0.39, 0.29) is 16.8 Å². The average molecular weight is 323 g/mol. The molecule has 0 saturated carbocycles. The lowest BCUT2D eigenvalue weighted by Gasteiger charge is -2.29. The Balaban J connectivity index is 1.65. The van der Waals surface area contributed by atoms with Gasteiger partial charge in [-0.3, -0.25) is 4.79 Å². The molecule has 2 heterocycles. The van der Waals surface area contributed by atoms with Crippen molar-refractivity contribution in [2.45, 2.75) is 48.7 Å². The van der Waals surface area contributed by atoms with E-state index in [1.54, 1.807) is 12.1 Å². The van der Waals surface area contributed by atoms with Gasteiger partial charge < -0.3 is 10.6 Å². The van der Waals surface area contributed by atoms with Gasteiger partial charge in [-0.1, -0.05) is 0 Å². The third-order valence-electron chi connectivity index (χ3n) is 4.50. The zero-order valence-corrected chi connectivity index (χ0v) is 13.3. The van der Waals surface area contributed by atoms with Crippen molar-refractivity contribution in [2.75, 3.05) is 7.05 Å². The number of carbonyl (C=O) groups excluding carboxylic acids is 1. The van der Waals surface area contributed by atoms with E-state index in [9.17, 15) is 13.2 Å². The lowest BCUT2D eigenvalue weighted by molar-refractivity contribution is 0.0924. The normalized spacial score (nSPS) is 27.6. The molecule has 1 amide bonds. The molecule has 3 rings (SSSR count). The summed E-state index contributed by atoms with van der Waals surface area (Å²) in [6.45, 7) is 0. The topological polar surface area (TPSA) is 87.3 Å². The molecule has 6 nitrogen and oxygen atoms in total. The van der Waals surface area contributed by atoms with Crippen LogP contribution in [0.2, 0.25) is 0 Å². The first kappa shape index (κ1) is 15.5. The maximum absolute atomic E-state index is 12.3. The lowest BCUT2D eigenvalue weighted by Crippen LogP contribution is -2.48. The molecule has 0 spiro atoms. The van der Waals surface area contributed by atoms with Crippen molar-refractivity contribution < 1.29 is 13.2 Å². The summed E-state index contributed by atoms with van der Waals surface area (Å²) in [5, 5.41) is 6.60. The summed E-state index contributed by atoms with van der Waals surface area (Å²) in [6, 6.07) is 7.25. The van der Waals surface area contributed by atoms with Gasteiger partial charge in [-0.25, -0.2) is 13.1 Å². The number of piperidine rings is 1. The standard InChI is InChI=1S/C15H21N3O3S/c1-16-22(20,21)14-6-2-10(3-7-14)15(19)18-13-8-11-4-5-12(9-13)17-11/h2-3,6-7,11-13,16-17H,4-5,8-9H2,1H3,(H,18,19). The Bertz CT molecular complexity index is 645. The van der Waals surface area contributed by atoms with Crippen LogP contribution >= 0.6 is 0 Å². The Kier molecular flexibility index (Phi) is 4.20. The molecule has 2 aliphatic rings. The summed E-state index contributed by atoms with van der Waals surface area (Å²) in [5.41, 5.74) is 0.487. The second-order valence-electron chi connectivity index (χ2n) is 6.01. The molecule has 2 unspecified atom stereocenters. The summed E-state index contributed by atoms with van der Waals surface area (Å²) in [7, 11) is -2.10. The smallest absolute Gasteiger partial charge is 0.251 e. The number of nitrogens with one attached hydrogen (secondary N) is 3. The van der Waals surface area contributed by atoms with Gasteiger partial charge in [0.2, 0.25) is 10.0 Å². The maximum atomic E-state index is 12.3. The fourth-order valence-corrected chi connectivity index (χ4v) is 4.08. The number of hydrogen-bond donors (Lipinski definition) is 3. The number of sulfonamides is 1. The molecule has 1 aromatic carbocycles. The quantitative estimate of drug-likeness (QED) is 0.757. The number of amides is 1. The summed E-state index contributed by atoms with van der Waals surface area (Å²) >= 11 is 0. The molecule has 2 saturated heterocycles. The van der Waals surface area contributed by atoms with Gasteiger partial charge in [0.1, 0.15) is 0 Å². The minimum absolute atomic E-state index is 0.139. The first-order chi connectivity index (χ1) is 10.5. The predicted molar refractivity (Wildman–Crippen MR) is 83.1 cm³/mol. The molecule has 0 aromatic heterocycles. The van der Waals surface area contributed by atoms with Crippen LogP contribution in [0, 0.1) is 0 Å². The highest BCUT2D eigenvalue weighted by atomic mass is 32.2. The van der Waals surface area contributed by atoms with Crippen LogP contribution < -0.4 is 15.4 Å². The summed E-state index contributed by atoms with van der Waals surface area (Å²) in [4.78, 5) is 12.4. The van der Waals surface area contributed by atoms with E-state index in [2.05, 4.69) is 15.4 Å². The molecule has 3 N–H and O–H groups in total. The molecule has 0 radical (unpaired) electrons. The Labute approximate surface area is 130 Å². The second-order valence-corrected chi connectivity index (χ2v) is 7.90. The zero-order chi connectivity index (χ0) is 15.7. The van der Waals surface area contributed by atoms with Crippen LogP contribution in [-0.2, 0) is 10.0 Å². The van der Waals surface area contributed by atoms with E-state index in [1.165, 1.54) is 32.0 Å². The average Bonchev–Trinajstić information content (AvgIpc) is 2.86. The Hall–Kier alpha value is -1.44. The lowest BCUT2D eigenvalue weighted by atomic mass is 9.99. The van der Waals surface area contributed by atoms with Crippen LogP contribution in [0.25, 0.3) is 0 Å². The van der Waals surface area contributed by atoms with Crippen molar-refractivity contribution in [3.8, 4) is 0 Å². The number of fused-ring (bicyclic) bond motifs is 2. The molecule has 2 atom stereocenters. The van der Waals surface area contributed by atoms with E-state index < -0.39 is 10.0 Å². The van der Waals surface area contributed by atoms with Crippen LogP contribution in [-0.4, -0.2) is 39.5 Å². The molecule has 2 fully saturated rings. The van der Waals surface area contributed by atoms with Crippen LogP contribution in [0.3, 0.4) is 0 Å². The number of hydrogen-bond acceptors (Lipinski definition) is 4. The Morgan fingerprint density at radius 3 is 2.27 bits per heavy atom. The van der Waals surface area contributed by atoms with E-state index in [1.807, 2.05) is 0 Å². The number of benzene rings is 1. The minimum atomic E-state index is -3.46. The van der Waals surface area contributed by atoms with Gasteiger partial charge >= 0.3 is 0 Å². The fraction of sp³-hybridized carbons (Fsp3) is 0.533. The van der Waals surface area contributed by atoms with Gasteiger partial charge in [-0.05, 0) is 57.0 Å². The minimum Gasteiger partial charge on any atom is -0.349 e. The molecular formula is C15H21N3O3S. The molecule has 1 aromatic rings. The highest BCUT2D eigenvalue weighted by molar-refractivity contribution is 7.89. The van der Waals surface area contributed by atoms with Gasteiger partial charge in [0, 0.05) is 23.7 Å². The van der Waals surface area contributed by atoms with E-state index in [0.29, 0.717) is 17.6 Å². The van der Waals surface area contributed by atoms with Crippen LogP contribution in [0.5, 0.6) is 0 Å². The van der Waals surface area contributed by atoms with E-state index in [4.69, 9.17) is 0 Å². The first-order valence-corrected chi connectivity index (χ1v) is 9.07. The fourth-order valence-electron chi connectivity index (χ4n) is 3.35. The molecular weight excluding hydrogens is 302 g/mol. The molecule has 2 aliphatic heterocycles. The first-order valence-electron chi connectivity index (χ1n) is 7.58. The summed E-state index contributed by atoms with van der Waals surface area (Å²) in [5.74, 6) is -0.139. The SMILES string of the molecule is CNS(=O)(=O)c1ccc(C(=O)NC2CC3CCC(C2)N3)cc1. The van der Waals surface area contributed by atoms with Crippen molar-refractivity contribution in [3.63, 3.8) is 0 Å². The predicted octanol–water partition coefficient (Wildman–Crippen LogP) is 0.607. The van der Waals surface area contributed by atoms with Crippen LogP contribution in [0.4, 0.5) is 0 Å². The van der Waals surface area contributed by atoms with Crippen LogP contribution in [0.15, 0.2) is 29.2 Å². The van der Waals surface area contributed by atoms with Gasteiger partial charge in [-0.15, -0.1) is 0 Å². The molecule has 120 valence electrons. The molecule has 0 aliphatic carbocycles. The van der Waals surface area contributed by atoms with Crippen molar-refractivity contribution in [1.82, 2.24) is 15.4 Å². The molecule has 22 heavy (non-hydrogen) atoms. The molecule has 7 heteroatoms. The third-order valence-corrected chi connectivity index (χ3v) is 5.93. The van der Waals surface area contributed by atoms with Gasteiger partial charge in [0.15, 0.2) is 0 Å². The van der Waals surface area contributed by atoms with Gasteiger partial charge in [-0.2, -0.15) is 0 Å². The van der Waals surface area contributed by atoms with Crippen molar-refractivity contribution in [3.05, 3.63) is 29.8 Å². The Morgan fingerprint density at radius 2 is 1.73 bits per heavy atom. The van der Waals surface area contributed by atoms with E-state index >= 15 is 0 Å². The van der Waals surface area contributed by atoms with Crippen LogP contribution in [0.1, 0.15) is 36.0 Å². The largest absolute Gasteiger partial charge is 0.349 e.